The van der Waals surface area contributed by atoms with E-state index in [0.717, 1.165) is 0 Å². The lowest BCUT2D eigenvalue weighted by atomic mass is 9.92. The van der Waals surface area contributed by atoms with E-state index in [9.17, 15) is 41.0 Å². The van der Waals surface area contributed by atoms with E-state index in [1.807, 2.05) is 9.97 Å². The van der Waals surface area contributed by atoms with Crippen molar-refractivity contribution in [3.8, 4) is 0 Å². The summed E-state index contributed by atoms with van der Waals surface area (Å²) in [5.41, 5.74) is -9.72. The Morgan fingerprint density at radius 3 is 1.73 bits per heavy atom. The fourth-order valence-electron chi connectivity index (χ4n) is 1.83. The van der Waals surface area contributed by atoms with E-state index >= 15 is 0 Å². The Labute approximate surface area is 116 Å². The van der Waals surface area contributed by atoms with E-state index in [1.165, 1.54) is 0 Å². The number of fused-ring (bicyclic) bond motifs is 1. The molecule has 0 saturated carbocycles. The Morgan fingerprint density at radius 1 is 0.818 bits per heavy atom. The second-order valence-corrected chi connectivity index (χ2v) is 4.37. The molecule has 0 aliphatic rings. The van der Waals surface area contributed by atoms with E-state index < -0.39 is 40.2 Å². The summed E-state index contributed by atoms with van der Waals surface area (Å²) in [5, 5.41) is 9.23. The molecule has 0 bridgehead atoms. The van der Waals surface area contributed by atoms with Crippen LogP contribution in [0, 0.1) is 0 Å². The third-order valence-corrected chi connectivity index (χ3v) is 2.96. The molecule has 0 saturated heterocycles. The molecule has 22 heavy (non-hydrogen) atoms. The summed E-state index contributed by atoms with van der Waals surface area (Å²) < 4.78 is 76.4. The number of aliphatic hydroxyl groups is 1. The molecule has 2 rings (SSSR count). The molecule has 0 atom stereocenters. The van der Waals surface area contributed by atoms with Crippen LogP contribution >= 0.6 is 0 Å². The number of aromatic nitrogens is 2. The highest BCUT2D eigenvalue weighted by atomic mass is 19.4. The van der Waals surface area contributed by atoms with Gasteiger partial charge in [-0.1, -0.05) is 6.07 Å². The molecule has 3 N–H and O–H groups in total. The number of H-pyrrole nitrogens is 2. The van der Waals surface area contributed by atoms with E-state index in [0.29, 0.717) is 18.2 Å². The van der Waals surface area contributed by atoms with Gasteiger partial charge in [0.25, 0.3) is 5.60 Å². The van der Waals surface area contributed by atoms with Crippen LogP contribution in [0.3, 0.4) is 0 Å². The summed E-state index contributed by atoms with van der Waals surface area (Å²) in [6.07, 6.45) is -12.1. The molecular weight excluding hydrogens is 322 g/mol. The van der Waals surface area contributed by atoms with Crippen LogP contribution in [0.4, 0.5) is 26.3 Å². The molecule has 1 heterocycles. The minimum atomic E-state index is -6.04. The van der Waals surface area contributed by atoms with Crippen LogP contribution in [0.2, 0.25) is 0 Å². The van der Waals surface area contributed by atoms with Gasteiger partial charge in [0.1, 0.15) is 0 Å². The van der Waals surface area contributed by atoms with Gasteiger partial charge in [0.05, 0.1) is 11.0 Å². The Bertz CT molecular complexity index is 819. The van der Waals surface area contributed by atoms with Crippen LogP contribution in [-0.2, 0) is 5.60 Å². The predicted octanol–water partition coefficient (Wildman–Crippen LogP) is 1.53. The average molecular weight is 328 g/mol. The van der Waals surface area contributed by atoms with Gasteiger partial charge in [-0.05, 0) is 12.1 Å². The van der Waals surface area contributed by atoms with Gasteiger partial charge in [0, 0.05) is 5.56 Å². The zero-order chi connectivity index (χ0) is 16.9. The summed E-state index contributed by atoms with van der Waals surface area (Å²) in [5.74, 6) is 0. The van der Waals surface area contributed by atoms with Crippen molar-refractivity contribution in [1.82, 2.24) is 9.97 Å². The summed E-state index contributed by atoms with van der Waals surface area (Å²) in [6, 6.07) is 1.37. The van der Waals surface area contributed by atoms with Crippen molar-refractivity contribution in [2.45, 2.75) is 18.0 Å². The van der Waals surface area contributed by atoms with Crippen LogP contribution in [0.5, 0.6) is 0 Å². The second kappa shape index (κ2) is 4.60. The molecule has 0 fully saturated rings. The molecule has 1 aromatic heterocycles. The van der Waals surface area contributed by atoms with Crippen LogP contribution in [0.25, 0.3) is 11.0 Å². The predicted molar refractivity (Wildman–Crippen MR) is 61.2 cm³/mol. The van der Waals surface area contributed by atoms with Crippen molar-refractivity contribution >= 4 is 11.0 Å². The normalized spacial score (nSPS) is 13.6. The molecular formula is C11H6F6N2O3. The minimum absolute atomic E-state index is 0.194. The topological polar surface area (TPSA) is 85.9 Å². The number of benzene rings is 1. The fourth-order valence-corrected chi connectivity index (χ4v) is 1.83. The first-order chi connectivity index (χ1) is 9.88. The summed E-state index contributed by atoms with van der Waals surface area (Å²) in [4.78, 5) is 25.9. The smallest absolute Gasteiger partial charge is 0.369 e. The minimum Gasteiger partial charge on any atom is -0.369 e. The van der Waals surface area contributed by atoms with Gasteiger partial charge in [-0.3, -0.25) is 9.59 Å². The standard InChI is InChI=1S/C11H6F6N2O3/c12-10(13,14)9(22,11(15,16)17)4-1-2-5-6(3-4)19-8(21)7(20)18-5/h1-3,22H,(H,18,20)(H,19,21). The Hall–Kier alpha value is -2.30. The van der Waals surface area contributed by atoms with E-state index in [4.69, 9.17) is 0 Å². The third-order valence-electron chi connectivity index (χ3n) is 2.96. The van der Waals surface area contributed by atoms with Crippen LogP contribution in [0.15, 0.2) is 27.8 Å². The van der Waals surface area contributed by atoms with Crippen molar-refractivity contribution in [3.05, 3.63) is 44.5 Å². The highest BCUT2D eigenvalue weighted by molar-refractivity contribution is 5.74. The van der Waals surface area contributed by atoms with E-state index in [1.54, 1.807) is 0 Å². The molecule has 0 unspecified atom stereocenters. The SMILES string of the molecule is O=c1[nH]c2ccc(C(O)(C(F)(F)F)C(F)(F)F)cc2[nH]c1=O. The van der Waals surface area contributed by atoms with Gasteiger partial charge < -0.3 is 15.1 Å². The molecule has 0 spiro atoms. The average Bonchev–Trinajstić information content (AvgIpc) is 2.36. The molecule has 120 valence electrons. The summed E-state index contributed by atoms with van der Waals surface area (Å²) in [7, 11) is 0. The molecule has 2 aromatic rings. The molecule has 0 aliphatic heterocycles. The number of hydrogen-bond acceptors (Lipinski definition) is 3. The first kappa shape index (κ1) is 16.1. The molecule has 1 aromatic carbocycles. The van der Waals surface area contributed by atoms with Crippen LogP contribution < -0.4 is 11.1 Å². The van der Waals surface area contributed by atoms with Crippen LogP contribution in [-0.4, -0.2) is 27.4 Å². The largest absolute Gasteiger partial charge is 0.430 e. The van der Waals surface area contributed by atoms with Crippen molar-refractivity contribution in [2.75, 3.05) is 0 Å². The quantitative estimate of drug-likeness (QED) is 0.548. The molecule has 5 nitrogen and oxygen atoms in total. The number of rotatable bonds is 1. The molecule has 0 amide bonds. The Balaban J connectivity index is 2.79. The highest BCUT2D eigenvalue weighted by Crippen LogP contribution is 2.50. The molecule has 0 aliphatic carbocycles. The lowest BCUT2D eigenvalue weighted by Gasteiger charge is -2.32. The number of hydrogen-bond donors (Lipinski definition) is 3. The van der Waals surface area contributed by atoms with Gasteiger partial charge in [0.15, 0.2) is 0 Å². The van der Waals surface area contributed by atoms with Gasteiger partial charge >= 0.3 is 23.5 Å². The monoisotopic (exact) mass is 328 g/mol. The summed E-state index contributed by atoms with van der Waals surface area (Å²) >= 11 is 0. The van der Waals surface area contributed by atoms with E-state index in [-0.39, 0.29) is 5.52 Å². The van der Waals surface area contributed by atoms with Crippen LogP contribution in [0.1, 0.15) is 5.56 Å². The van der Waals surface area contributed by atoms with Crippen molar-refractivity contribution < 1.29 is 31.4 Å². The number of alkyl halides is 6. The number of aromatic amines is 2. The number of halogens is 6. The highest BCUT2D eigenvalue weighted by Gasteiger charge is 2.71. The first-order valence-electron chi connectivity index (χ1n) is 5.50. The second-order valence-electron chi connectivity index (χ2n) is 4.37. The maximum Gasteiger partial charge on any atom is 0.430 e. The van der Waals surface area contributed by atoms with Gasteiger partial charge in [-0.25, -0.2) is 0 Å². The lowest BCUT2D eigenvalue weighted by molar-refractivity contribution is -0.376. The van der Waals surface area contributed by atoms with Gasteiger partial charge in [0.2, 0.25) is 0 Å². The zero-order valence-electron chi connectivity index (χ0n) is 10.3. The van der Waals surface area contributed by atoms with Crippen molar-refractivity contribution in [3.63, 3.8) is 0 Å². The fraction of sp³-hybridized carbons (Fsp3) is 0.273. The van der Waals surface area contributed by atoms with Gasteiger partial charge in [-0.2, -0.15) is 26.3 Å². The lowest BCUT2D eigenvalue weighted by Crippen LogP contribution is -2.53. The number of nitrogens with one attached hydrogen (secondary N) is 2. The zero-order valence-corrected chi connectivity index (χ0v) is 10.3. The van der Waals surface area contributed by atoms with Gasteiger partial charge in [-0.15, -0.1) is 0 Å². The maximum absolute atomic E-state index is 12.7. The van der Waals surface area contributed by atoms with Crippen molar-refractivity contribution in [2.24, 2.45) is 0 Å². The first-order valence-corrected chi connectivity index (χ1v) is 5.50. The molecule has 0 radical (unpaired) electrons. The van der Waals surface area contributed by atoms with E-state index in [2.05, 4.69) is 0 Å². The molecule has 11 heteroatoms. The third kappa shape index (κ3) is 2.26. The Morgan fingerprint density at radius 2 is 1.27 bits per heavy atom. The maximum atomic E-state index is 12.7. The summed E-state index contributed by atoms with van der Waals surface area (Å²) in [6.45, 7) is 0. The van der Waals surface area contributed by atoms with Crippen molar-refractivity contribution in [1.29, 1.82) is 0 Å². The Kier molecular flexibility index (Phi) is 3.36.